The molecule has 0 bridgehead atoms. The second kappa shape index (κ2) is 6.80. The van der Waals surface area contributed by atoms with E-state index in [2.05, 4.69) is 10.6 Å². The quantitative estimate of drug-likeness (QED) is 0.700. The van der Waals surface area contributed by atoms with Gasteiger partial charge in [-0.15, -0.1) is 11.3 Å². The fraction of sp³-hybridized carbons (Fsp3) is 0.571. The van der Waals surface area contributed by atoms with Crippen LogP contribution in [0, 0.1) is 0 Å². The SMILES string of the molecule is CCNC(=O)c1sc(NC2CCC2)c(C(=O)OCC)c1N. The van der Waals surface area contributed by atoms with Gasteiger partial charge in [-0.1, -0.05) is 0 Å². The Balaban J connectivity index is 2.33. The average Bonchev–Trinajstić information content (AvgIpc) is 2.71. The van der Waals surface area contributed by atoms with Gasteiger partial charge in [-0.25, -0.2) is 4.79 Å². The summed E-state index contributed by atoms with van der Waals surface area (Å²) in [5, 5.41) is 6.65. The molecule has 0 spiro atoms. The lowest BCUT2D eigenvalue weighted by Gasteiger charge is -2.27. The molecule has 1 aliphatic rings. The summed E-state index contributed by atoms with van der Waals surface area (Å²) in [4.78, 5) is 24.5. The highest BCUT2D eigenvalue weighted by Gasteiger charge is 2.28. The zero-order valence-corrected chi connectivity index (χ0v) is 13.1. The standard InChI is InChI=1S/C14H21N3O3S/c1-3-16-12(18)11-10(15)9(14(19)20-4-2)13(21-11)17-8-6-5-7-8/h8,17H,3-7,15H2,1-2H3,(H,16,18). The first kappa shape index (κ1) is 15.6. The molecule has 1 aliphatic carbocycles. The number of thiophene rings is 1. The number of ether oxygens (including phenoxy) is 1. The summed E-state index contributed by atoms with van der Waals surface area (Å²) < 4.78 is 5.05. The predicted octanol–water partition coefficient (Wildman–Crippen LogP) is 2.22. The van der Waals surface area contributed by atoms with Crippen molar-refractivity contribution in [1.29, 1.82) is 0 Å². The Bertz CT molecular complexity index is 538. The molecule has 1 fully saturated rings. The van der Waals surface area contributed by atoms with Gasteiger partial charge >= 0.3 is 5.97 Å². The zero-order chi connectivity index (χ0) is 15.4. The third kappa shape index (κ3) is 3.29. The van der Waals surface area contributed by atoms with E-state index in [0.717, 1.165) is 12.8 Å². The molecule has 0 saturated heterocycles. The van der Waals surface area contributed by atoms with Gasteiger partial charge in [-0.2, -0.15) is 0 Å². The number of hydrogen-bond donors (Lipinski definition) is 3. The van der Waals surface area contributed by atoms with Crippen molar-refractivity contribution in [2.45, 2.75) is 39.2 Å². The second-order valence-electron chi connectivity index (χ2n) is 4.90. The van der Waals surface area contributed by atoms with Crippen LogP contribution < -0.4 is 16.4 Å². The lowest BCUT2D eigenvalue weighted by atomic mass is 9.93. The highest BCUT2D eigenvalue weighted by atomic mass is 32.1. The summed E-state index contributed by atoms with van der Waals surface area (Å²) in [7, 11) is 0. The highest BCUT2D eigenvalue weighted by molar-refractivity contribution is 7.19. The van der Waals surface area contributed by atoms with Crippen LogP contribution in [0.3, 0.4) is 0 Å². The van der Waals surface area contributed by atoms with E-state index < -0.39 is 5.97 Å². The molecule has 0 aromatic carbocycles. The lowest BCUT2D eigenvalue weighted by Crippen LogP contribution is -2.27. The lowest BCUT2D eigenvalue weighted by molar-refractivity contribution is 0.0529. The number of anilines is 2. The van der Waals surface area contributed by atoms with Crippen LogP contribution in [0.1, 0.15) is 53.1 Å². The van der Waals surface area contributed by atoms with Crippen molar-refractivity contribution < 1.29 is 14.3 Å². The molecule has 1 aromatic heterocycles. The van der Waals surface area contributed by atoms with Crippen LogP contribution in [0.25, 0.3) is 0 Å². The average molecular weight is 311 g/mol. The summed E-state index contributed by atoms with van der Waals surface area (Å²) in [6.45, 7) is 4.36. The van der Waals surface area contributed by atoms with Crippen LogP contribution in [0.2, 0.25) is 0 Å². The molecule has 116 valence electrons. The largest absolute Gasteiger partial charge is 0.462 e. The molecule has 1 saturated carbocycles. The first-order valence-electron chi connectivity index (χ1n) is 7.22. The van der Waals surface area contributed by atoms with E-state index in [1.54, 1.807) is 6.92 Å². The normalized spacial score (nSPS) is 14.4. The highest BCUT2D eigenvalue weighted by Crippen LogP contribution is 2.38. The Kier molecular flexibility index (Phi) is 5.06. The third-order valence-corrected chi connectivity index (χ3v) is 4.54. The molecule has 21 heavy (non-hydrogen) atoms. The fourth-order valence-electron chi connectivity index (χ4n) is 2.10. The van der Waals surface area contributed by atoms with Gasteiger partial charge in [-0.05, 0) is 33.1 Å². The summed E-state index contributed by atoms with van der Waals surface area (Å²) in [5.41, 5.74) is 6.50. The van der Waals surface area contributed by atoms with Crippen molar-refractivity contribution in [3.05, 3.63) is 10.4 Å². The maximum atomic E-state index is 12.1. The van der Waals surface area contributed by atoms with Gasteiger partial charge in [0, 0.05) is 12.6 Å². The predicted molar refractivity (Wildman–Crippen MR) is 84.0 cm³/mol. The minimum absolute atomic E-state index is 0.200. The van der Waals surface area contributed by atoms with Crippen molar-refractivity contribution in [1.82, 2.24) is 5.32 Å². The molecular formula is C14H21N3O3S. The van der Waals surface area contributed by atoms with Crippen molar-refractivity contribution >= 4 is 33.9 Å². The molecule has 1 aromatic rings. The topological polar surface area (TPSA) is 93.5 Å². The third-order valence-electron chi connectivity index (χ3n) is 3.41. The van der Waals surface area contributed by atoms with Gasteiger partial charge in [0.05, 0.1) is 12.3 Å². The minimum atomic E-state index is -0.483. The Labute approximate surface area is 128 Å². The Hall–Kier alpha value is -1.76. The monoisotopic (exact) mass is 311 g/mol. The van der Waals surface area contributed by atoms with E-state index in [1.165, 1.54) is 17.8 Å². The molecule has 0 radical (unpaired) electrons. The maximum Gasteiger partial charge on any atom is 0.343 e. The Morgan fingerprint density at radius 2 is 2.10 bits per heavy atom. The second-order valence-corrected chi connectivity index (χ2v) is 5.92. The van der Waals surface area contributed by atoms with Crippen LogP contribution in [-0.4, -0.2) is 31.1 Å². The summed E-state index contributed by atoms with van der Waals surface area (Å²) in [6.07, 6.45) is 3.31. The van der Waals surface area contributed by atoms with Gasteiger partial charge in [-0.3, -0.25) is 4.79 Å². The zero-order valence-electron chi connectivity index (χ0n) is 12.3. The van der Waals surface area contributed by atoms with E-state index in [1.807, 2.05) is 6.92 Å². The van der Waals surface area contributed by atoms with E-state index in [0.29, 0.717) is 22.5 Å². The van der Waals surface area contributed by atoms with E-state index in [4.69, 9.17) is 10.5 Å². The molecular weight excluding hydrogens is 290 g/mol. The summed E-state index contributed by atoms with van der Waals surface area (Å²) in [5.74, 6) is -0.740. The van der Waals surface area contributed by atoms with Crippen LogP contribution >= 0.6 is 11.3 Å². The fourth-order valence-corrected chi connectivity index (χ4v) is 3.20. The van der Waals surface area contributed by atoms with E-state index in [9.17, 15) is 9.59 Å². The summed E-state index contributed by atoms with van der Waals surface area (Å²) >= 11 is 1.22. The van der Waals surface area contributed by atoms with Crippen LogP contribution in [0.4, 0.5) is 10.7 Å². The van der Waals surface area contributed by atoms with Gasteiger partial charge in [0.1, 0.15) is 15.4 Å². The van der Waals surface area contributed by atoms with Gasteiger partial charge in [0.15, 0.2) is 0 Å². The van der Waals surface area contributed by atoms with Crippen molar-refractivity contribution in [2.24, 2.45) is 0 Å². The van der Waals surface area contributed by atoms with Gasteiger partial charge < -0.3 is 21.1 Å². The Morgan fingerprint density at radius 3 is 2.62 bits per heavy atom. The molecule has 0 unspecified atom stereocenters. The molecule has 6 nitrogen and oxygen atoms in total. The molecule has 1 amide bonds. The molecule has 0 aliphatic heterocycles. The smallest absolute Gasteiger partial charge is 0.343 e. The molecule has 4 N–H and O–H groups in total. The van der Waals surface area contributed by atoms with E-state index >= 15 is 0 Å². The number of carbonyl (C=O) groups is 2. The molecule has 7 heteroatoms. The van der Waals surface area contributed by atoms with Crippen LogP contribution in [-0.2, 0) is 4.74 Å². The van der Waals surface area contributed by atoms with Gasteiger partial charge in [0.2, 0.25) is 0 Å². The van der Waals surface area contributed by atoms with Crippen LogP contribution in [0.15, 0.2) is 0 Å². The van der Waals surface area contributed by atoms with Crippen molar-refractivity contribution in [3.8, 4) is 0 Å². The molecule has 0 atom stereocenters. The number of nitrogens with two attached hydrogens (primary N) is 1. The number of esters is 1. The first-order chi connectivity index (χ1) is 10.1. The number of rotatable bonds is 6. The van der Waals surface area contributed by atoms with Crippen molar-refractivity contribution in [2.75, 3.05) is 24.2 Å². The van der Waals surface area contributed by atoms with Crippen LogP contribution in [0.5, 0.6) is 0 Å². The minimum Gasteiger partial charge on any atom is -0.462 e. The summed E-state index contributed by atoms with van der Waals surface area (Å²) in [6, 6.07) is 0.346. The Morgan fingerprint density at radius 1 is 1.38 bits per heavy atom. The number of amides is 1. The number of hydrogen-bond acceptors (Lipinski definition) is 6. The maximum absolute atomic E-state index is 12.1. The van der Waals surface area contributed by atoms with Crippen molar-refractivity contribution in [3.63, 3.8) is 0 Å². The molecule has 1 heterocycles. The van der Waals surface area contributed by atoms with Gasteiger partial charge in [0.25, 0.3) is 5.91 Å². The number of carbonyl (C=O) groups excluding carboxylic acids is 2. The van der Waals surface area contributed by atoms with E-state index in [-0.39, 0.29) is 23.8 Å². The first-order valence-corrected chi connectivity index (χ1v) is 8.04. The number of nitrogens with one attached hydrogen (secondary N) is 2. The number of nitrogen functional groups attached to an aromatic ring is 1. The molecule has 2 rings (SSSR count).